The second-order valence-electron chi connectivity index (χ2n) is 6.06. The van der Waals surface area contributed by atoms with Crippen molar-refractivity contribution in [2.75, 3.05) is 12.3 Å². The molecule has 1 saturated heterocycles. The number of nitrogens with two attached hydrogens (primary N) is 1. The number of H-pyrrole nitrogens is 1. The molecule has 0 aliphatic carbocycles. The van der Waals surface area contributed by atoms with Gasteiger partial charge in [-0.25, -0.2) is 4.98 Å². The molecule has 11 nitrogen and oxygen atoms in total. The van der Waals surface area contributed by atoms with E-state index in [-0.39, 0.29) is 48.5 Å². The fourth-order valence-electron chi connectivity index (χ4n) is 2.83. The normalized spacial score (nSPS) is 22.1. The molecule has 3 rings (SSSR count). The van der Waals surface area contributed by atoms with Crippen LogP contribution in [-0.4, -0.2) is 50.3 Å². The van der Waals surface area contributed by atoms with E-state index in [1.165, 1.54) is 6.33 Å². The zero-order chi connectivity index (χ0) is 19.6. The fraction of sp³-hybridized carbons (Fsp3) is 0.562. The maximum absolute atomic E-state index is 11.9. The summed E-state index contributed by atoms with van der Waals surface area (Å²) in [4.78, 5) is 45.6. The maximum atomic E-state index is 11.9. The van der Waals surface area contributed by atoms with E-state index in [1.807, 2.05) is 0 Å². The number of anilines is 1. The average molecular weight is 384 g/mol. The molecule has 3 atom stereocenters. The lowest BCUT2D eigenvalue weighted by atomic mass is 10.2. The van der Waals surface area contributed by atoms with Gasteiger partial charge in [0, 0.05) is 19.3 Å². The van der Waals surface area contributed by atoms with Gasteiger partial charge in [0.05, 0.1) is 6.33 Å². The highest BCUT2D eigenvalue weighted by Crippen LogP contribution is 2.32. The van der Waals surface area contributed by atoms with E-state index in [1.54, 1.807) is 18.4 Å². The van der Waals surface area contributed by atoms with Gasteiger partial charge >= 0.3 is 11.9 Å². The van der Waals surface area contributed by atoms with Gasteiger partial charge in [0.25, 0.3) is 5.56 Å². The van der Waals surface area contributed by atoms with Crippen LogP contribution in [0.3, 0.4) is 0 Å². The molecule has 0 unspecified atom stereocenters. The summed E-state index contributed by atoms with van der Waals surface area (Å²) in [6, 6.07) is 0. The van der Waals surface area contributed by atoms with Crippen LogP contribution in [0.2, 0.25) is 0 Å². The van der Waals surface area contributed by atoms with Crippen molar-refractivity contribution < 1.29 is 23.8 Å². The lowest BCUT2D eigenvalue weighted by Crippen LogP contribution is -2.31. The highest BCUT2D eigenvalue weighted by Gasteiger charge is 2.40. The molecule has 1 aliphatic heterocycles. The summed E-state index contributed by atoms with van der Waals surface area (Å²) in [6.07, 6.45) is 0.291. The SMILES string of the molecule is CCC(=O)OC[C@H]1O[C@@H]([15n]2c[15n]c3c(=O)[15nH]c([15NH2])[15n]c32)C[C@@H]1OC(=O)CC. The van der Waals surface area contributed by atoms with E-state index < -0.39 is 24.0 Å². The van der Waals surface area contributed by atoms with Crippen molar-refractivity contribution in [1.29, 1.82) is 0 Å². The second-order valence-corrected chi connectivity index (χ2v) is 6.06. The largest absolute Gasteiger partial charge is 0.463 e. The van der Waals surface area contributed by atoms with E-state index in [9.17, 15) is 14.4 Å². The molecular weight excluding hydrogens is 363 g/mol. The Morgan fingerprint density at radius 2 is 2.11 bits per heavy atom. The molecule has 0 saturated carbocycles. The van der Waals surface area contributed by atoms with Gasteiger partial charge in [0.2, 0.25) is 5.95 Å². The number of aromatic nitrogens is 4. The number of aromatic amines is 1. The number of carbonyl (C=O) groups excluding carboxylic acids is 2. The zero-order valence-corrected chi connectivity index (χ0v) is 15.0. The third-order valence-electron chi connectivity index (χ3n) is 4.21. The number of carbonyl (C=O) groups is 2. The smallest absolute Gasteiger partial charge is 0.305 e. The third-order valence-corrected chi connectivity index (χ3v) is 4.21. The van der Waals surface area contributed by atoms with E-state index >= 15 is 0 Å². The first-order valence-corrected chi connectivity index (χ1v) is 8.65. The molecule has 3 heterocycles. The van der Waals surface area contributed by atoms with E-state index in [4.69, 9.17) is 19.9 Å². The predicted molar refractivity (Wildman–Crippen MR) is 92.5 cm³/mol. The summed E-state index contributed by atoms with van der Waals surface area (Å²) in [5.41, 5.74) is 5.53. The minimum Gasteiger partial charge on any atom is -0.463 e. The summed E-state index contributed by atoms with van der Waals surface area (Å²) in [6.45, 7) is 3.32. The first kappa shape index (κ1) is 18.8. The second kappa shape index (κ2) is 7.74. The van der Waals surface area contributed by atoms with E-state index in [2.05, 4.69) is 15.0 Å². The van der Waals surface area contributed by atoms with Gasteiger partial charge in [-0.2, -0.15) is 4.98 Å². The van der Waals surface area contributed by atoms with Gasteiger partial charge in [-0.05, 0) is 0 Å². The van der Waals surface area contributed by atoms with Crippen LogP contribution in [0.4, 0.5) is 5.95 Å². The van der Waals surface area contributed by atoms with Crippen LogP contribution in [0.25, 0.3) is 11.2 Å². The summed E-state index contributed by atoms with van der Waals surface area (Å²) >= 11 is 0. The summed E-state index contributed by atoms with van der Waals surface area (Å²) in [5, 5.41) is 0. The summed E-state index contributed by atoms with van der Waals surface area (Å²) in [5.74, 6) is -0.809. The van der Waals surface area contributed by atoms with Crippen LogP contribution in [-0.2, 0) is 23.8 Å². The van der Waals surface area contributed by atoms with Crippen LogP contribution < -0.4 is 11.3 Å². The molecule has 1 fully saturated rings. The van der Waals surface area contributed by atoms with Crippen LogP contribution in [0.5, 0.6) is 0 Å². The zero-order valence-electron chi connectivity index (χ0n) is 15.0. The Labute approximate surface area is 153 Å². The highest BCUT2D eigenvalue weighted by atomic mass is 16.6. The van der Waals surface area contributed by atoms with Gasteiger partial charge in [-0.3, -0.25) is 23.9 Å². The molecule has 2 aromatic rings. The van der Waals surface area contributed by atoms with Crippen molar-refractivity contribution in [2.45, 2.75) is 51.5 Å². The number of nitrogens with zero attached hydrogens (tertiary/aromatic N) is 3. The molecular formula is C16H21N5O6. The Morgan fingerprint density at radius 1 is 1.37 bits per heavy atom. The first-order chi connectivity index (χ1) is 12.9. The number of rotatable bonds is 6. The van der Waals surface area contributed by atoms with Crippen molar-refractivity contribution >= 4 is 29.1 Å². The van der Waals surface area contributed by atoms with E-state index in [0.29, 0.717) is 6.42 Å². The molecule has 3 N–H and O–H groups in total. The number of nitrogens with one attached hydrogen (secondary N) is 1. The van der Waals surface area contributed by atoms with Gasteiger partial charge in [-0.1, -0.05) is 13.8 Å². The topological polar surface area (TPSA) is 151 Å². The molecule has 0 radical (unpaired) electrons. The quantitative estimate of drug-likeness (QED) is 0.528. The minimum atomic E-state index is -0.641. The minimum absolute atomic E-state index is 0.0466. The number of ether oxygens (including phenoxy) is 3. The molecule has 11 heteroatoms. The van der Waals surface area contributed by atoms with Gasteiger partial charge < -0.3 is 19.9 Å². The van der Waals surface area contributed by atoms with Gasteiger partial charge in [0.15, 0.2) is 11.2 Å². The molecule has 1 aliphatic rings. The molecule has 0 aromatic carbocycles. The summed E-state index contributed by atoms with van der Waals surface area (Å²) in [7, 11) is 0. The molecule has 0 spiro atoms. The van der Waals surface area contributed by atoms with E-state index in [0.717, 1.165) is 0 Å². The Bertz CT molecular complexity index is 906. The highest BCUT2D eigenvalue weighted by molar-refractivity contribution is 5.71. The van der Waals surface area contributed by atoms with Crippen LogP contribution in [0, 0.1) is 0 Å². The van der Waals surface area contributed by atoms with Crippen LogP contribution in [0.15, 0.2) is 11.1 Å². The van der Waals surface area contributed by atoms with Crippen LogP contribution >= 0.6 is 0 Å². The first-order valence-electron chi connectivity index (χ1n) is 8.65. The van der Waals surface area contributed by atoms with Gasteiger partial charge in [0.1, 0.15) is 25.0 Å². The average Bonchev–Trinajstić information content (AvgIpc) is 3.23. The summed E-state index contributed by atoms with van der Waals surface area (Å²) < 4.78 is 18.0. The Balaban J connectivity index is 1.85. The van der Waals surface area contributed by atoms with Crippen molar-refractivity contribution in [3.63, 3.8) is 0 Å². The molecule has 0 bridgehead atoms. The third kappa shape index (κ3) is 3.92. The lowest BCUT2D eigenvalue weighted by Gasteiger charge is -2.18. The molecule has 27 heavy (non-hydrogen) atoms. The number of fused-ring (bicyclic) bond motifs is 1. The number of imidazole rings is 1. The lowest BCUT2D eigenvalue weighted by molar-refractivity contribution is -0.157. The number of esters is 2. The Kier molecular flexibility index (Phi) is 5.40. The number of hydrogen-bond acceptors (Lipinski definition) is 9. The molecule has 0 amide bonds. The van der Waals surface area contributed by atoms with Crippen molar-refractivity contribution in [1.82, 2.24) is 19.5 Å². The Hall–Kier alpha value is -2.95. The monoisotopic (exact) mass is 384 g/mol. The van der Waals surface area contributed by atoms with Crippen LogP contribution in [0.1, 0.15) is 39.3 Å². The standard InChI is InChI=1S/C16H21N5O6/c1-3-11(22)25-6-9-8(27-12(23)4-2)5-10(26-9)21-7-18-13-14(21)19-16(17)20-15(13)24/h7-10H,3-6H2,1-2H3,(H3,17,19,20,24)/t8-,9+,10+/m0/s1/i17+1,18+1,19+1,20+1,21+1. The predicted octanol–water partition coefficient (Wildman–Crippen LogP) is 0.264. The molecule has 146 valence electrons. The van der Waals surface area contributed by atoms with Crippen molar-refractivity contribution in [3.05, 3.63) is 16.7 Å². The number of nitrogen functional groups attached to an aromatic ring is 1. The van der Waals surface area contributed by atoms with Gasteiger partial charge in [-0.15, -0.1) is 0 Å². The molecule has 2 aromatic heterocycles. The fourth-order valence-corrected chi connectivity index (χ4v) is 2.83. The maximum Gasteiger partial charge on any atom is 0.305 e. The number of hydrogen-bond donors (Lipinski definition) is 2. The van der Waals surface area contributed by atoms with Crippen molar-refractivity contribution in [2.24, 2.45) is 0 Å². The Morgan fingerprint density at radius 3 is 2.81 bits per heavy atom. The van der Waals surface area contributed by atoms with Crippen molar-refractivity contribution in [3.8, 4) is 0 Å².